The molecule has 0 radical (unpaired) electrons. The van der Waals surface area contributed by atoms with Gasteiger partial charge in [0.25, 0.3) is 0 Å². The fourth-order valence-corrected chi connectivity index (χ4v) is 2.07. The van der Waals surface area contributed by atoms with Crippen LogP contribution in [0.4, 0.5) is 17.3 Å². The number of nitrogens with zero attached hydrogens (tertiary/aromatic N) is 1. The molecule has 1 saturated carbocycles. The summed E-state index contributed by atoms with van der Waals surface area (Å²) in [5, 5.41) is 12.6. The lowest BCUT2D eigenvalue weighted by Crippen LogP contribution is -2.14. The lowest BCUT2D eigenvalue weighted by atomic mass is 10.1. The largest absolute Gasteiger partial charge is 0.396 e. The Morgan fingerprint density at radius 3 is 2.81 bits per heavy atom. The molecule has 0 saturated heterocycles. The van der Waals surface area contributed by atoms with Gasteiger partial charge in [-0.3, -0.25) is 0 Å². The Hall–Kier alpha value is -1.49. The van der Waals surface area contributed by atoms with E-state index in [1.165, 1.54) is 0 Å². The van der Waals surface area contributed by atoms with Crippen LogP contribution >= 0.6 is 0 Å². The molecule has 5 nitrogen and oxygen atoms in total. The Kier molecular flexibility index (Phi) is 3.14. The third-order valence-electron chi connectivity index (χ3n) is 3.04. The van der Waals surface area contributed by atoms with Crippen molar-refractivity contribution in [2.45, 2.75) is 25.4 Å². The summed E-state index contributed by atoms with van der Waals surface area (Å²) in [6, 6.07) is 3.56. The molecule has 1 aliphatic carbocycles. The van der Waals surface area contributed by atoms with E-state index < -0.39 is 0 Å². The number of aliphatic hydroxyl groups is 1. The number of anilines is 3. The van der Waals surface area contributed by atoms with E-state index in [-0.39, 0.29) is 6.10 Å². The van der Waals surface area contributed by atoms with Crippen LogP contribution in [-0.2, 0) is 0 Å². The monoisotopic (exact) mass is 222 g/mol. The number of hydrogen-bond donors (Lipinski definition) is 4. The highest BCUT2D eigenvalue weighted by atomic mass is 16.3. The minimum absolute atomic E-state index is 0.128. The molecule has 0 amide bonds. The van der Waals surface area contributed by atoms with Crippen LogP contribution in [0.25, 0.3) is 0 Å². The Bertz CT molecular complexity index is 369. The third-order valence-corrected chi connectivity index (χ3v) is 3.04. The smallest absolute Gasteiger partial charge is 0.149 e. The van der Waals surface area contributed by atoms with Crippen molar-refractivity contribution in [1.82, 2.24) is 4.98 Å². The molecule has 2 atom stereocenters. The average molecular weight is 222 g/mol. The Labute approximate surface area is 94.9 Å². The molecule has 6 N–H and O–H groups in total. The molecule has 16 heavy (non-hydrogen) atoms. The second kappa shape index (κ2) is 4.57. The minimum atomic E-state index is -0.128. The molecule has 1 aliphatic rings. The van der Waals surface area contributed by atoms with Crippen molar-refractivity contribution in [3.63, 3.8) is 0 Å². The zero-order chi connectivity index (χ0) is 11.5. The highest BCUT2D eigenvalue weighted by molar-refractivity contribution is 5.61. The van der Waals surface area contributed by atoms with Gasteiger partial charge in [-0.25, -0.2) is 4.98 Å². The van der Waals surface area contributed by atoms with Crippen molar-refractivity contribution in [2.24, 2.45) is 5.92 Å². The summed E-state index contributed by atoms with van der Waals surface area (Å²) in [5.74, 6) is 1.63. The number of nitrogen functional groups attached to an aromatic ring is 2. The summed E-state index contributed by atoms with van der Waals surface area (Å²) in [6.45, 7) is 0.827. The van der Waals surface area contributed by atoms with Crippen LogP contribution in [0.5, 0.6) is 0 Å². The summed E-state index contributed by atoms with van der Waals surface area (Å²) < 4.78 is 0. The first-order chi connectivity index (χ1) is 7.65. The van der Waals surface area contributed by atoms with Crippen molar-refractivity contribution < 1.29 is 5.11 Å². The summed E-state index contributed by atoms with van der Waals surface area (Å²) in [5.41, 5.74) is 11.7. The molecular formula is C11H18N4O. The van der Waals surface area contributed by atoms with Gasteiger partial charge in [0.2, 0.25) is 0 Å². The maximum Gasteiger partial charge on any atom is 0.149 e. The number of hydrogen-bond acceptors (Lipinski definition) is 5. The van der Waals surface area contributed by atoms with Crippen molar-refractivity contribution in [3.05, 3.63) is 12.1 Å². The minimum Gasteiger partial charge on any atom is -0.396 e. The number of aromatic nitrogens is 1. The fourth-order valence-electron chi connectivity index (χ4n) is 2.07. The van der Waals surface area contributed by atoms with Crippen molar-refractivity contribution in [3.8, 4) is 0 Å². The molecular weight excluding hydrogens is 204 g/mol. The van der Waals surface area contributed by atoms with E-state index in [1.807, 2.05) is 6.07 Å². The molecule has 1 aromatic heterocycles. The Morgan fingerprint density at radius 1 is 1.38 bits per heavy atom. The van der Waals surface area contributed by atoms with Crippen molar-refractivity contribution in [2.75, 3.05) is 23.3 Å². The molecule has 2 unspecified atom stereocenters. The topological polar surface area (TPSA) is 97.2 Å². The SMILES string of the molecule is Nc1ccc(NCC2CCC(O)C2)nc1N. The van der Waals surface area contributed by atoms with Gasteiger partial charge in [-0.1, -0.05) is 0 Å². The molecule has 0 aromatic carbocycles. The molecule has 5 heteroatoms. The maximum absolute atomic E-state index is 9.40. The summed E-state index contributed by atoms with van der Waals surface area (Å²) in [4.78, 5) is 4.13. The van der Waals surface area contributed by atoms with E-state index in [2.05, 4.69) is 10.3 Å². The Morgan fingerprint density at radius 2 is 2.19 bits per heavy atom. The first kappa shape index (κ1) is 11.0. The number of nitrogens with two attached hydrogens (primary N) is 2. The van der Waals surface area contributed by atoms with Crippen molar-refractivity contribution in [1.29, 1.82) is 0 Å². The van der Waals surface area contributed by atoms with E-state index in [9.17, 15) is 5.11 Å². The van der Waals surface area contributed by atoms with Crippen LogP contribution in [0.1, 0.15) is 19.3 Å². The zero-order valence-electron chi connectivity index (χ0n) is 9.19. The van der Waals surface area contributed by atoms with Gasteiger partial charge >= 0.3 is 0 Å². The van der Waals surface area contributed by atoms with E-state index >= 15 is 0 Å². The van der Waals surface area contributed by atoms with Crippen LogP contribution in [-0.4, -0.2) is 22.7 Å². The second-order valence-electron chi connectivity index (χ2n) is 4.38. The molecule has 1 heterocycles. The molecule has 2 rings (SSSR count). The summed E-state index contributed by atoms with van der Waals surface area (Å²) in [7, 11) is 0. The number of rotatable bonds is 3. The highest BCUT2D eigenvalue weighted by Crippen LogP contribution is 2.25. The Balaban J connectivity index is 1.87. The van der Waals surface area contributed by atoms with Gasteiger partial charge < -0.3 is 21.9 Å². The van der Waals surface area contributed by atoms with E-state index in [1.54, 1.807) is 6.07 Å². The van der Waals surface area contributed by atoms with Gasteiger partial charge in [0, 0.05) is 6.54 Å². The first-order valence-corrected chi connectivity index (χ1v) is 5.59. The predicted molar refractivity (Wildman–Crippen MR) is 64.9 cm³/mol. The molecule has 88 valence electrons. The highest BCUT2D eigenvalue weighted by Gasteiger charge is 2.22. The van der Waals surface area contributed by atoms with Gasteiger partial charge in [-0.15, -0.1) is 0 Å². The summed E-state index contributed by atoms with van der Waals surface area (Å²) in [6.07, 6.45) is 2.72. The second-order valence-corrected chi connectivity index (χ2v) is 4.38. The van der Waals surface area contributed by atoms with Crippen LogP contribution in [0, 0.1) is 5.92 Å². The first-order valence-electron chi connectivity index (χ1n) is 5.59. The van der Waals surface area contributed by atoms with Crippen LogP contribution in [0.3, 0.4) is 0 Å². The lowest BCUT2D eigenvalue weighted by Gasteiger charge is -2.12. The van der Waals surface area contributed by atoms with E-state index in [0.717, 1.165) is 31.6 Å². The van der Waals surface area contributed by atoms with Crippen LogP contribution < -0.4 is 16.8 Å². The predicted octanol–water partition coefficient (Wildman–Crippen LogP) is 0.819. The average Bonchev–Trinajstić information content (AvgIpc) is 2.66. The standard InChI is InChI=1S/C11H18N4O/c12-9-3-4-10(15-11(9)13)14-6-7-1-2-8(16)5-7/h3-4,7-8,16H,1-2,5-6,12H2,(H3,13,14,15). The van der Waals surface area contributed by atoms with Gasteiger partial charge in [0.05, 0.1) is 11.8 Å². The normalized spacial score (nSPS) is 24.6. The van der Waals surface area contributed by atoms with Crippen molar-refractivity contribution >= 4 is 17.3 Å². The molecule has 1 aromatic rings. The van der Waals surface area contributed by atoms with Gasteiger partial charge in [0.15, 0.2) is 0 Å². The lowest BCUT2D eigenvalue weighted by molar-refractivity contribution is 0.178. The van der Waals surface area contributed by atoms with E-state index in [0.29, 0.717) is 17.4 Å². The maximum atomic E-state index is 9.40. The zero-order valence-corrected chi connectivity index (χ0v) is 9.19. The summed E-state index contributed by atoms with van der Waals surface area (Å²) >= 11 is 0. The fraction of sp³-hybridized carbons (Fsp3) is 0.545. The third kappa shape index (κ3) is 2.55. The number of aliphatic hydroxyl groups excluding tert-OH is 1. The van der Waals surface area contributed by atoms with Gasteiger partial charge in [0.1, 0.15) is 11.6 Å². The molecule has 0 aliphatic heterocycles. The van der Waals surface area contributed by atoms with E-state index in [4.69, 9.17) is 11.5 Å². The molecule has 0 bridgehead atoms. The van der Waals surface area contributed by atoms with Crippen LogP contribution in [0.15, 0.2) is 12.1 Å². The van der Waals surface area contributed by atoms with Crippen LogP contribution in [0.2, 0.25) is 0 Å². The van der Waals surface area contributed by atoms with Gasteiger partial charge in [-0.05, 0) is 37.3 Å². The molecule has 0 spiro atoms. The number of pyridine rings is 1. The number of nitrogens with one attached hydrogen (secondary N) is 1. The molecule has 1 fully saturated rings. The van der Waals surface area contributed by atoms with Gasteiger partial charge in [-0.2, -0.15) is 0 Å². The quantitative estimate of drug-likeness (QED) is 0.607.